The van der Waals surface area contributed by atoms with Crippen molar-refractivity contribution in [2.45, 2.75) is 25.2 Å². The van der Waals surface area contributed by atoms with E-state index in [9.17, 15) is 5.21 Å². The maximum atomic E-state index is 11.5. The van der Waals surface area contributed by atoms with Crippen LogP contribution in [-0.2, 0) is 4.74 Å². The molecule has 0 aliphatic carbocycles. The smallest absolute Gasteiger partial charge is 0.337 e. The van der Waals surface area contributed by atoms with E-state index in [1.54, 1.807) is 4.57 Å². The van der Waals surface area contributed by atoms with E-state index in [1.807, 2.05) is 0 Å². The first-order chi connectivity index (χ1) is 9.11. The Labute approximate surface area is 113 Å². The second kappa shape index (κ2) is 4.48. The number of aliphatic hydroxyl groups excluding tert-OH is 1. The summed E-state index contributed by atoms with van der Waals surface area (Å²) in [5.74, 6) is -0.0922. The van der Waals surface area contributed by atoms with Crippen molar-refractivity contribution in [2.24, 2.45) is 0 Å². The molecule has 0 radical (unpaired) electrons. The summed E-state index contributed by atoms with van der Waals surface area (Å²) in [4.78, 5) is 8.05. The van der Waals surface area contributed by atoms with E-state index in [0.29, 0.717) is 10.4 Å². The van der Waals surface area contributed by atoms with Gasteiger partial charge in [-0.25, -0.2) is 9.71 Å². The summed E-state index contributed by atoms with van der Waals surface area (Å²) in [6, 6.07) is 0. The molecular formula is C10H12ClN5O3. The number of aliphatic hydroxyl groups is 1. The van der Waals surface area contributed by atoms with Crippen molar-refractivity contribution in [3.05, 3.63) is 16.8 Å². The summed E-state index contributed by atoms with van der Waals surface area (Å²) in [7, 11) is 0. The minimum absolute atomic E-state index is 0.0278. The molecule has 3 rings (SSSR count). The van der Waals surface area contributed by atoms with Gasteiger partial charge in [0.25, 0.3) is 5.82 Å². The van der Waals surface area contributed by atoms with Gasteiger partial charge in [0.1, 0.15) is 12.6 Å². The minimum Gasteiger partial charge on any atom is -0.739 e. The van der Waals surface area contributed by atoms with Gasteiger partial charge in [-0.1, -0.05) is 4.98 Å². The second-order valence-electron chi connectivity index (χ2n) is 4.36. The Morgan fingerprint density at radius 3 is 3.11 bits per heavy atom. The summed E-state index contributed by atoms with van der Waals surface area (Å²) in [5.41, 5.74) is 6.34. The van der Waals surface area contributed by atoms with Crippen LogP contribution in [0.2, 0.25) is 5.28 Å². The van der Waals surface area contributed by atoms with Crippen LogP contribution in [0.4, 0.5) is 5.82 Å². The highest BCUT2D eigenvalue weighted by Crippen LogP contribution is 2.30. The van der Waals surface area contributed by atoms with E-state index >= 15 is 0 Å². The number of rotatable bonds is 2. The van der Waals surface area contributed by atoms with E-state index in [4.69, 9.17) is 27.2 Å². The van der Waals surface area contributed by atoms with Gasteiger partial charge < -0.3 is 20.8 Å². The minimum atomic E-state index is -0.285. The van der Waals surface area contributed by atoms with E-state index < -0.39 is 0 Å². The van der Waals surface area contributed by atoms with Crippen molar-refractivity contribution in [1.82, 2.24) is 14.5 Å². The normalized spacial score (nSPS) is 23.3. The van der Waals surface area contributed by atoms with E-state index in [0.717, 1.165) is 12.8 Å². The number of hydrogen-bond donors (Lipinski definition) is 2. The average Bonchev–Trinajstić information content (AvgIpc) is 3.01. The predicted octanol–water partition coefficient (Wildman–Crippen LogP) is -0.0298. The number of halogens is 1. The molecule has 19 heavy (non-hydrogen) atoms. The fraction of sp³-hybridized carbons (Fsp3) is 0.500. The zero-order chi connectivity index (χ0) is 13.6. The molecule has 3 heterocycles. The molecule has 2 aromatic rings. The summed E-state index contributed by atoms with van der Waals surface area (Å²) in [6.45, 7) is -0.0278. The van der Waals surface area contributed by atoms with Crippen LogP contribution in [0.1, 0.15) is 19.1 Å². The summed E-state index contributed by atoms with van der Waals surface area (Å²) >= 11 is 5.72. The quantitative estimate of drug-likeness (QED) is 0.455. The first kappa shape index (κ1) is 12.4. The third-order valence-corrected chi connectivity index (χ3v) is 3.43. The van der Waals surface area contributed by atoms with Crippen LogP contribution in [-0.4, -0.2) is 32.4 Å². The Bertz CT molecular complexity index is 631. The molecule has 1 saturated heterocycles. The zero-order valence-electron chi connectivity index (χ0n) is 9.86. The summed E-state index contributed by atoms with van der Waals surface area (Å²) in [5, 5.41) is 20.3. The van der Waals surface area contributed by atoms with Gasteiger partial charge in [0.2, 0.25) is 5.65 Å². The molecule has 0 bridgehead atoms. The Hall–Kier alpha value is -1.64. The number of fused-ring (bicyclic) bond motifs is 1. The van der Waals surface area contributed by atoms with Gasteiger partial charge in [-0.2, -0.15) is 0 Å². The Kier molecular flexibility index (Phi) is 2.92. The molecule has 1 aliphatic rings. The van der Waals surface area contributed by atoms with Crippen LogP contribution >= 0.6 is 11.6 Å². The first-order valence-corrected chi connectivity index (χ1v) is 6.17. The molecule has 0 aromatic carbocycles. The van der Waals surface area contributed by atoms with E-state index in [-0.39, 0.29) is 35.6 Å². The largest absolute Gasteiger partial charge is 0.739 e. The van der Waals surface area contributed by atoms with Gasteiger partial charge in [-0.05, 0) is 24.4 Å². The monoisotopic (exact) mass is 285 g/mol. The number of anilines is 1. The van der Waals surface area contributed by atoms with Crippen molar-refractivity contribution in [1.29, 1.82) is 0 Å². The maximum absolute atomic E-state index is 11.5. The van der Waals surface area contributed by atoms with Gasteiger partial charge in [-0.15, -0.1) is 0 Å². The van der Waals surface area contributed by atoms with E-state index in [2.05, 4.69) is 9.97 Å². The molecule has 2 atom stereocenters. The molecule has 9 heteroatoms. The third kappa shape index (κ3) is 1.88. The zero-order valence-corrected chi connectivity index (χ0v) is 10.6. The highest BCUT2D eigenvalue weighted by Gasteiger charge is 2.29. The lowest BCUT2D eigenvalue weighted by Crippen LogP contribution is -2.33. The highest BCUT2D eigenvalue weighted by atomic mass is 35.5. The van der Waals surface area contributed by atoms with Gasteiger partial charge in [0.05, 0.1) is 12.7 Å². The Morgan fingerprint density at radius 1 is 1.63 bits per heavy atom. The van der Waals surface area contributed by atoms with Crippen LogP contribution in [0.25, 0.3) is 11.2 Å². The molecule has 0 amide bonds. The third-order valence-electron chi connectivity index (χ3n) is 3.19. The maximum Gasteiger partial charge on any atom is 0.337 e. The highest BCUT2D eigenvalue weighted by molar-refractivity contribution is 6.27. The van der Waals surface area contributed by atoms with Gasteiger partial charge in [0, 0.05) is 0 Å². The summed E-state index contributed by atoms with van der Waals surface area (Å²) in [6.07, 6.45) is 2.51. The van der Waals surface area contributed by atoms with Gasteiger partial charge in [-0.3, -0.25) is 4.57 Å². The number of nitrogen functional groups attached to an aromatic ring is 1. The molecule has 3 N–H and O–H groups in total. The van der Waals surface area contributed by atoms with Crippen LogP contribution in [0.15, 0.2) is 6.33 Å². The number of aromatic nitrogens is 4. The SMILES string of the molecule is Nc1c2ncn([C@H]3CC[C@@H](CO)O3)c2nc(Cl)[n+]1[O-]. The van der Waals surface area contributed by atoms with Gasteiger partial charge >= 0.3 is 5.28 Å². The lowest BCUT2D eigenvalue weighted by atomic mass is 10.2. The van der Waals surface area contributed by atoms with Crippen LogP contribution in [0, 0.1) is 5.21 Å². The molecule has 0 spiro atoms. The van der Waals surface area contributed by atoms with Crippen LogP contribution in [0.5, 0.6) is 0 Å². The Morgan fingerprint density at radius 2 is 2.42 bits per heavy atom. The number of ether oxygens (including phenoxy) is 1. The van der Waals surface area contributed by atoms with Crippen molar-refractivity contribution in [3.8, 4) is 0 Å². The number of hydrogen-bond acceptors (Lipinski definition) is 6. The van der Waals surface area contributed by atoms with Crippen LogP contribution < -0.4 is 10.5 Å². The van der Waals surface area contributed by atoms with Crippen molar-refractivity contribution >= 4 is 28.6 Å². The standard InChI is InChI=1S/C10H12ClN5O3/c11-10-14-9-7(8(12)16(10)18)13-4-15(9)6-2-1-5(3-17)19-6/h4-6,17H,1-3,12H2/t5-,6+/m0/s1. The molecule has 2 aromatic heterocycles. The lowest BCUT2D eigenvalue weighted by molar-refractivity contribution is -0.589. The summed E-state index contributed by atoms with van der Waals surface area (Å²) < 4.78 is 7.64. The predicted molar refractivity (Wildman–Crippen MR) is 66.1 cm³/mol. The number of nitrogens with zero attached hydrogens (tertiary/aromatic N) is 4. The fourth-order valence-electron chi connectivity index (χ4n) is 2.21. The van der Waals surface area contributed by atoms with Gasteiger partial charge in [0.15, 0.2) is 5.52 Å². The molecule has 8 nitrogen and oxygen atoms in total. The number of nitrogens with two attached hydrogens (primary N) is 1. The lowest BCUT2D eigenvalue weighted by Gasteiger charge is -2.13. The van der Waals surface area contributed by atoms with Crippen LogP contribution in [0.3, 0.4) is 0 Å². The first-order valence-electron chi connectivity index (χ1n) is 5.79. The molecule has 0 unspecified atom stereocenters. The molecule has 1 aliphatic heterocycles. The molecule has 102 valence electrons. The molecular weight excluding hydrogens is 274 g/mol. The van der Waals surface area contributed by atoms with E-state index in [1.165, 1.54) is 6.33 Å². The Balaban J connectivity index is 2.06. The second-order valence-corrected chi connectivity index (χ2v) is 4.70. The van der Waals surface area contributed by atoms with Crippen molar-refractivity contribution < 1.29 is 14.6 Å². The average molecular weight is 286 g/mol. The number of imidazole rings is 1. The topological polar surface area (TPSA) is 113 Å². The van der Waals surface area contributed by atoms with Crippen molar-refractivity contribution in [3.63, 3.8) is 0 Å². The fourth-order valence-corrected chi connectivity index (χ4v) is 2.38. The molecule has 1 fully saturated rings. The molecule has 0 saturated carbocycles. The van der Waals surface area contributed by atoms with Crippen molar-refractivity contribution in [2.75, 3.05) is 12.3 Å².